The summed E-state index contributed by atoms with van der Waals surface area (Å²) in [6.07, 6.45) is 1.39. The Morgan fingerprint density at radius 3 is 3.00 bits per heavy atom. The number of amidine groups is 1. The van der Waals surface area contributed by atoms with Crippen molar-refractivity contribution in [1.82, 2.24) is 10.7 Å². The van der Waals surface area contributed by atoms with E-state index in [1.807, 2.05) is 6.07 Å². The minimum atomic E-state index is 0.206. The first-order valence-electron chi connectivity index (χ1n) is 2.50. The van der Waals surface area contributed by atoms with Crippen LogP contribution in [0.2, 0.25) is 0 Å². The Hall–Kier alpha value is -1.74. The minimum absolute atomic E-state index is 0.206. The van der Waals surface area contributed by atoms with E-state index >= 15 is 0 Å². The summed E-state index contributed by atoms with van der Waals surface area (Å²) in [6.45, 7) is 0. The molecule has 6 heteroatoms. The quantitative estimate of drug-likeness (QED) is 0.348. The van der Waals surface area contributed by atoms with Gasteiger partial charge in [0.2, 0.25) is 0 Å². The van der Waals surface area contributed by atoms with Crippen LogP contribution >= 0.6 is 0 Å². The van der Waals surface area contributed by atoms with Crippen molar-refractivity contribution in [1.29, 1.82) is 5.26 Å². The van der Waals surface area contributed by atoms with Crippen LogP contribution in [0.3, 0.4) is 0 Å². The summed E-state index contributed by atoms with van der Waals surface area (Å²) in [7, 11) is 0. The number of hydrazine groups is 2. The van der Waals surface area contributed by atoms with Crippen LogP contribution < -0.4 is 17.0 Å². The second-order valence-electron chi connectivity index (χ2n) is 1.65. The van der Waals surface area contributed by atoms with Crippen LogP contribution in [0.4, 0.5) is 0 Å². The molecule has 0 aliphatic carbocycles. The molecule has 10 heavy (non-hydrogen) atoms. The lowest BCUT2D eigenvalue weighted by Crippen LogP contribution is -2.43. The van der Waals surface area contributed by atoms with E-state index in [-0.39, 0.29) is 11.5 Å². The lowest BCUT2D eigenvalue weighted by molar-refractivity contribution is 0.229. The van der Waals surface area contributed by atoms with E-state index in [1.54, 1.807) is 0 Å². The van der Waals surface area contributed by atoms with Crippen LogP contribution in [0.25, 0.3) is 0 Å². The number of hydrogen-bond donors (Lipinski definition) is 3. The van der Waals surface area contributed by atoms with E-state index in [4.69, 9.17) is 16.8 Å². The van der Waals surface area contributed by atoms with Gasteiger partial charge in [-0.25, -0.2) is 5.84 Å². The summed E-state index contributed by atoms with van der Waals surface area (Å²) in [5, 5.41) is 12.8. The molecule has 0 spiro atoms. The van der Waals surface area contributed by atoms with Crippen LogP contribution in [0, 0.1) is 11.3 Å². The van der Waals surface area contributed by atoms with Gasteiger partial charge < -0.3 is 5.73 Å². The number of hydrazone groups is 1. The standard InChI is InChI=1S/C4H6N6/c5-2-3-1-4(6)9-10(7)8-3/h1,8H,7H2,(H2,6,9). The van der Waals surface area contributed by atoms with Crippen LogP contribution in [-0.4, -0.2) is 11.1 Å². The summed E-state index contributed by atoms with van der Waals surface area (Å²) in [5.41, 5.74) is 7.97. The van der Waals surface area contributed by atoms with E-state index in [9.17, 15) is 0 Å². The Balaban J connectivity index is 2.83. The molecule has 0 aromatic rings. The number of hydrogen-bond acceptors (Lipinski definition) is 6. The molecule has 0 unspecified atom stereocenters. The SMILES string of the molecule is N#CC1=CC(N)=NN(N)N1. The van der Waals surface area contributed by atoms with Crippen LogP contribution in [0.15, 0.2) is 16.9 Å². The van der Waals surface area contributed by atoms with Crippen molar-refractivity contribution in [2.24, 2.45) is 16.7 Å². The average Bonchev–Trinajstić information content (AvgIpc) is 1.85. The minimum Gasteiger partial charge on any atom is -0.382 e. The molecule has 0 saturated heterocycles. The maximum Gasteiger partial charge on any atom is 0.150 e. The van der Waals surface area contributed by atoms with Crippen molar-refractivity contribution in [3.63, 3.8) is 0 Å². The number of nitrogens with zero attached hydrogens (tertiary/aromatic N) is 3. The molecule has 5 N–H and O–H groups in total. The van der Waals surface area contributed by atoms with Crippen molar-refractivity contribution in [2.75, 3.05) is 0 Å². The van der Waals surface area contributed by atoms with Gasteiger partial charge in [0.15, 0.2) is 0 Å². The smallest absolute Gasteiger partial charge is 0.150 e. The number of nitrogens with two attached hydrogens (primary N) is 2. The van der Waals surface area contributed by atoms with Gasteiger partial charge in [-0.15, -0.1) is 10.3 Å². The second-order valence-corrected chi connectivity index (χ2v) is 1.65. The summed E-state index contributed by atoms with van der Waals surface area (Å²) < 4.78 is 0. The second kappa shape index (κ2) is 2.24. The molecule has 0 fully saturated rings. The highest BCUT2D eigenvalue weighted by molar-refractivity contribution is 5.92. The summed E-state index contributed by atoms with van der Waals surface area (Å²) >= 11 is 0. The van der Waals surface area contributed by atoms with Gasteiger partial charge in [0.1, 0.15) is 17.6 Å². The molecule has 1 rings (SSSR count). The van der Waals surface area contributed by atoms with Crippen molar-refractivity contribution < 1.29 is 0 Å². The van der Waals surface area contributed by atoms with Crippen molar-refractivity contribution in [2.45, 2.75) is 0 Å². The molecule has 1 heterocycles. The molecule has 0 bridgehead atoms. The number of nitrogens with one attached hydrogen (secondary N) is 1. The van der Waals surface area contributed by atoms with Crippen molar-refractivity contribution in [3.8, 4) is 6.07 Å². The van der Waals surface area contributed by atoms with Crippen molar-refractivity contribution >= 4 is 5.84 Å². The van der Waals surface area contributed by atoms with Gasteiger partial charge in [0.25, 0.3) is 0 Å². The van der Waals surface area contributed by atoms with Gasteiger partial charge in [-0.05, 0) is 0 Å². The number of allylic oxidation sites excluding steroid dienone is 1. The molecule has 0 aromatic heterocycles. The Labute approximate surface area is 57.3 Å². The van der Waals surface area contributed by atoms with Crippen LogP contribution in [-0.2, 0) is 0 Å². The molecule has 0 radical (unpaired) electrons. The van der Waals surface area contributed by atoms with Gasteiger partial charge in [-0.1, -0.05) is 0 Å². The average molecular weight is 138 g/mol. The largest absolute Gasteiger partial charge is 0.382 e. The summed E-state index contributed by atoms with van der Waals surface area (Å²) in [6, 6.07) is 1.83. The molecule has 0 atom stereocenters. The molecule has 0 aromatic carbocycles. The first-order valence-corrected chi connectivity index (χ1v) is 2.50. The first-order chi connectivity index (χ1) is 4.72. The highest BCUT2D eigenvalue weighted by Gasteiger charge is 2.05. The highest BCUT2D eigenvalue weighted by atomic mass is 15.8. The lowest BCUT2D eigenvalue weighted by atomic mass is 10.4. The topological polar surface area (TPSA) is 103 Å². The third kappa shape index (κ3) is 1.15. The fourth-order valence-corrected chi connectivity index (χ4v) is 0.539. The number of nitriles is 1. The van der Waals surface area contributed by atoms with E-state index in [0.717, 1.165) is 5.23 Å². The highest BCUT2D eigenvalue weighted by Crippen LogP contribution is 1.93. The maximum absolute atomic E-state index is 8.35. The van der Waals surface area contributed by atoms with E-state index in [2.05, 4.69) is 10.5 Å². The maximum atomic E-state index is 8.35. The zero-order valence-electron chi connectivity index (χ0n) is 5.07. The van der Waals surface area contributed by atoms with Crippen LogP contribution in [0.1, 0.15) is 0 Å². The zero-order valence-corrected chi connectivity index (χ0v) is 5.07. The van der Waals surface area contributed by atoms with Gasteiger partial charge in [-0.3, -0.25) is 5.43 Å². The van der Waals surface area contributed by atoms with E-state index in [0.29, 0.717) is 0 Å². The Morgan fingerprint density at radius 1 is 1.80 bits per heavy atom. The summed E-state index contributed by atoms with van der Waals surface area (Å²) in [4.78, 5) is 0. The third-order valence-electron chi connectivity index (χ3n) is 0.871. The monoisotopic (exact) mass is 138 g/mol. The van der Waals surface area contributed by atoms with Gasteiger partial charge in [0.05, 0.1) is 0 Å². The van der Waals surface area contributed by atoms with Crippen molar-refractivity contribution in [3.05, 3.63) is 11.8 Å². The van der Waals surface area contributed by atoms with E-state index in [1.165, 1.54) is 6.08 Å². The molecular formula is C4H6N6. The lowest BCUT2D eigenvalue weighted by Gasteiger charge is -2.17. The molecule has 0 saturated carbocycles. The van der Waals surface area contributed by atoms with Gasteiger partial charge in [0, 0.05) is 6.08 Å². The molecule has 0 amide bonds. The predicted octanol–water partition coefficient (Wildman–Crippen LogP) is -1.64. The molecule has 1 aliphatic rings. The molecule has 6 nitrogen and oxygen atoms in total. The van der Waals surface area contributed by atoms with Gasteiger partial charge in [-0.2, -0.15) is 5.26 Å². The summed E-state index contributed by atoms with van der Waals surface area (Å²) in [5.74, 6) is 5.36. The van der Waals surface area contributed by atoms with E-state index < -0.39 is 0 Å². The zero-order chi connectivity index (χ0) is 7.56. The first kappa shape index (κ1) is 6.38. The molecule has 52 valence electrons. The Bertz CT molecular complexity index is 233. The molecule has 1 aliphatic heterocycles. The fraction of sp³-hybridized carbons (Fsp3) is 0. The van der Waals surface area contributed by atoms with Crippen LogP contribution in [0.5, 0.6) is 0 Å². The normalized spacial score (nSPS) is 16.6. The third-order valence-corrected chi connectivity index (χ3v) is 0.871. The fourth-order valence-electron chi connectivity index (χ4n) is 0.539. The Morgan fingerprint density at radius 2 is 2.50 bits per heavy atom. The molecular weight excluding hydrogens is 132 g/mol. The number of rotatable bonds is 0. The predicted molar refractivity (Wildman–Crippen MR) is 34.5 cm³/mol. The van der Waals surface area contributed by atoms with Gasteiger partial charge >= 0.3 is 0 Å². The Kier molecular flexibility index (Phi) is 1.43.